The van der Waals surface area contributed by atoms with Crippen molar-refractivity contribution in [2.75, 3.05) is 24.6 Å². The van der Waals surface area contributed by atoms with E-state index in [9.17, 15) is 4.79 Å². The Balaban J connectivity index is 1.61. The minimum atomic E-state index is -0.273. The first-order valence-corrected chi connectivity index (χ1v) is 7.88. The number of esters is 1. The third-order valence-corrected chi connectivity index (χ3v) is 3.94. The van der Waals surface area contributed by atoms with Gasteiger partial charge in [0.1, 0.15) is 18.9 Å². The van der Waals surface area contributed by atoms with Crippen molar-refractivity contribution in [3.8, 4) is 5.75 Å². The van der Waals surface area contributed by atoms with Crippen LogP contribution in [0.2, 0.25) is 0 Å². The molecule has 0 spiro atoms. The predicted molar refractivity (Wildman–Crippen MR) is 88.2 cm³/mol. The summed E-state index contributed by atoms with van der Waals surface area (Å²) in [6, 6.07) is 17.5. The largest absolute Gasteiger partial charge is 0.490 e. The van der Waals surface area contributed by atoms with Gasteiger partial charge in [0.05, 0.1) is 6.54 Å². The molecule has 0 N–H and O–H groups in total. The molecule has 1 aliphatic heterocycles. The molecule has 0 aromatic heterocycles. The Morgan fingerprint density at radius 1 is 1.14 bits per heavy atom. The maximum atomic E-state index is 11.8. The van der Waals surface area contributed by atoms with Crippen molar-refractivity contribution in [3.63, 3.8) is 0 Å². The Hall–Kier alpha value is -2.01. The number of cyclic esters (lactones) is 1. The molecule has 3 rings (SSSR count). The van der Waals surface area contributed by atoms with E-state index in [1.807, 2.05) is 59.5 Å². The summed E-state index contributed by atoms with van der Waals surface area (Å²) in [5.41, 5.74) is 1.02. The number of para-hydroxylation sites is 1. The Labute approximate surface area is 137 Å². The van der Waals surface area contributed by atoms with Crippen LogP contribution in [0.25, 0.3) is 0 Å². The number of rotatable bonds is 4. The van der Waals surface area contributed by atoms with Gasteiger partial charge in [-0.15, -0.1) is 0 Å². The zero-order valence-corrected chi connectivity index (χ0v) is 13.5. The van der Waals surface area contributed by atoms with Gasteiger partial charge in [0.2, 0.25) is 0 Å². The Morgan fingerprint density at radius 3 is 2.59 bits per heavy atom. The van der Waals surface area contributed by atoms with Crippen LogP contribution in [-0.4, -0.2) is 31.8 Å². The van der Waals surface area contributed by atoms with Gasteiger partial charge in [-0.05, 0) is 36.4 Å². The zero-order valence-electron chi connectivity index (χ0n) is 11.9. The molecule has 1 fully saturated rings. The number of anilines is 1. The van der Waals surface area contributed by atoms with E-state index in [1.54, 1.807) is 0 Å². The Bertz CT molecular complexity index is 630. The highest BCUT2D eigenvalue weighted by atomic mass is 79.9. The number of nitrogens with zero attached hydrogens (tertiary/aromatic N) is 1. The fraction of sp³-hybridized carbons (Fsp3) is 0.235. The molecule has 0 saturated carbocycles. The number of hydrogen-bond donors (Lipinski definition) is 0. The third-order valence-electron chi connectivity index (χ3n) is 3.41. The summed E-state index contributed by atoms with van der Waals surface area (Å²) in [6.07, 6.45) is -0.273. The lowest BCUT2D eigenvalue weighted by Gasteiger charge is -2.33. The van der Waals surface area contributed by atoms with Gasteiger partial charge < -0.3 is 14.4 Å². The molecule has 5 heteroatoms. The van der Waals surface area contributed by atoms with Crippen LogP contribution in [0.4, 0.5) is 5.69 Å². The number of carbonyl (C=O) groups excluding carboxylic acids is 1. The molecule has 0 bridgehead atoms. The van der Waals surface area contributed by atoms with Gasteiger partial charge in [0.15, 0.2) is 6.10 Å². The molecule has 1 atom stereocenters. The lowest BCUT2D eigenvalue weighted by atomic mass is 10.2. The molecule has 1 saturated heterocycles. The van der Waals surface area contributed by atoms with Crippen LogP contribution in [0.5, 0.6) is 5.75 Å². The number of morpholine rings is 1. The highest BCUT2D eigenvalue weighted by Crippen LogP contribution is 2.20. The fourth-order valence-electron chi connectivity index (χ4n) is 2.37. The maximum Gasteiger partial charge on any atom is 0.326 e. The molecule has 0 amide bonds. The molecule has 22 heavy (non-hydrogen) atoms. The molecule has 2 aromatic carbocycles. The average molecular weight is 362 g/mol. The molecule has 0 radical (unpaired) electrons. The Morgan fingerprint density at radius 2 is 1.86 bits per heavy atom. The molecule has 0 aliphatic carbocycles. The van der Waals surface area contributed by atoms with Crippen LogP contribution in [0, 0.1) is 0 Å². The van der Waals surface area contributed by atoms with E-state index in [2.05, 4.69) is 15.9 Å². The molecule has 1 aliphatic rings. The van der Waals surface area contributed by atoms with Gasteiger partial charge in [-0.1, -0.05) is 34.1 Å². The number of carbonyl (C=O) groups is 1. The monoisotopic (exact) mass is 361 g/mol. The molecule has 2 aromatic rings. The number of ether oxygens (including phenoxy) is 2. The van der Waals surface area contributed by atoms with E-state index in [-0.39, 0.29) is 18.6 Å². The predicted octanol–water partition coefficient (Wildman–Crippen LogP) is 3.26. The Kier molecular flexibility index (Phi) is 4.63. The van der Waals surface area contributed by atoms with Crippen LogP contribution in [0.15, 0.2) is 59.1 Å². The second-order valence-corrected chi connectivity index (χ2v) is 6.01. The summed E-state index contributed by atoms with van der Waals surface area (Å²) in [6.45, 7) is 1.25. The standard InChI is InChI=1S/C17H16BrNO3/c18-13-6-8-15(9-7-13)21-12-16-10-19(11-17(20)22-16)14-4-2-1-3-5-14/h1-9,16H,10-12H2. The van der Waals surface area contributed by atoms with E-state index in [4.69, 9.17) is 9.47 Å². The van der Waals surface area contributed by atoms with Crippen molar-refractivity contribution in [1.29, 1.82) is 0 Å². The second kappa shape index (κ2) is 6.83. The minimum Gasteiger partial charge on any atom is -0.490 e. The smallest absolute Gasteiger partial charge is 0.326 e. The summed E-state index contributed by atoms with van der Waals surface area (Å²) in [7, 11) is 0. The summed E-state index contributed by atoms with van der Waals surface area (Å²) in [4.78, 5) is 13.8. The lowest BCUT2D eigenvalue weighted by molar-refractivity contribution is -0.151. The van der Waals surface area contributed by atoms with Gasteiger partial charge in [-0.25, -0.2) is 0 Å². The van der Waals surface area contributed by atoms with Crippen LogP contribution >= 0.6 is 15.9 Å². The first-order valence-electron chi connectivity index (χ1n) is 7.08. The highest BCUT2D eigenvalue weighted by Gasteiger charge is 2.27. The molecule has 114 valence electrons. The molecule has 1 heterocycles. The summed E-state index contributed by atoms with van der Waals surface area (Å²) in [5.74, 6) is 0.538. The summed E-state index contributed by atoms with van der Waals surface area (Å²) >= 11 is 3.38. The van der Waals surface area contributed by atoms with E-state index < -0.39 is 0 Å². The van der Waals surface area contributed by atoms with Crippen LogP contribution in [0.1, 0.15) is 0 Å². The van der Waals surface area contributed by atoms with E-state index in [1.165, 1.54) is 0 Å². The van der Waals surface area contributed by atoms with Crippen molar-refractivity contribution in [2.24, 2.45) is 0 Å². The van der Waals surface area contributed by atoms with Crippen LogP contribution < -0.4 is 9.64 Å². The van der Waals surface area contributed by atoms with Gasteiger partial charge >= 0.3 is 5.97 Å². The first kappa shape index (κ1) is 14.9. The zero-order chi connectivity index (χ0) is 15.4. The van der Waals surface area contributed by atoms with Crippen LogP contribution in [0.3, 0.4) is 0 Å². The summed E-state index contributed by atoms with van der Waals surface area (Å²) in [5, 5.41) is 0. The lowest BCUT2D eigenvalue weighted by Crippen LogP contribution is -2.47. The van der Waals surface area contributed by atoms with E-state index in [0.29, 0.717) is 13.2 Å². The fourth-order valence-corrected chi connectivity index (χ4v) is 2.63. The average Bonchev–Trinajstić information content (AvgIpc) is 2.55. The van der Waals surface area contributed by atoms with Gasteiger partial charge in [0, 0.05) is 10.2 Å². The van der Waals surface area contributed by atoms with Crippen molar-refractivity contribution in [3.05, 3.63) is 59.1 Å². The highest BCUT2D eigenvalue weighted by molar-refractivity contribution is 9.10. The molecule has 1 unspecified atom stereocenters. The molecular formula is C17H16BrNO3. The SMILES string of the molecule is O=C1CN(c2ccccc2)CC(COc2ccc(Br)cc2)O1. The topological polar surface area (TPSA) is 38.8 Å². The van der Waals surface area contributed by atoms with E-state index in [0.717, 1.165) is 15.9 Å². The number of halogens is 1. The van der Waals surface area contributed by atoms with Gasteiger partial charge in [-0.2, -0.15) is 0 Å². The number of benzene rings is 2. The quantitative estimate of drug-likeness (QED) is 0.783. The first-order chi connectivity index (χ1) is 10.7. The van der Waals surface area contributed by atoms with Crippen molar-refractivity contribution in [1.82, 2.24) is 0 Å². The maximum absolute atomic E-state index is 11.8. The van der Waals surface area contributed by atoms with Gasteiger partial charge in [-0.3, -0.25) is 4.79 Å². The molecular weight excluding hydrogens is 346 g/mol. The second-order valence-electron chi connectivity index (χ2n) is 5.09. The van der Waals surface area contributed by atoms with Crippen molar-refractivity contribution < 1.29 is 14.3 Å². The summed E-state index contributed by atoms with van der Waals surface area (Å²) < 4.78 is 12.1. The van der Waals surface area contributed by atoms with Crippen molar-refractivity contribution >= 4 is 27.6 Å². The van der Waals surface area contributed by atoms with Crippen LogP contribution in [-0.2, 0) is 9.53 Å². The number of hydrogen-bond acceptors (Lipinski definition) is 4. The third kappa shape index (κ3) is 3.80. The normalized spacial score (nSPS) is 18.0. The van der Waals surface area contributed by atoms with Crippen molar-refractivity contribution in [2.45, 2.75) is 6.10 Å². The molecule has 4 nitrogen and oxygen atoms in total. The van der Waals surface area contributed by atoms with Gasteiger partial charge in [0.25, 0.3) is 0 Å². The van der Waals surface area contributed by atoms with E-state index >= 15 is 0 Å². The minimum absolute atomic E-state index is 0.223.